The highest BCUT2D eigenvalue weighted by Gasteiger charge is 2.15. The molecule has 24 heavy (non-hydrogen) atoms. The Balaban J connectivity index is 1.52. The van der Waals surface area contributed by atoms with Gasteiger partial charge in [-0.2, -0.15) is 0 Å². The standard InChI is InChI=1S/C18H18N2O2S2/c1-13-20-15(12-23-13)7-9-19-18(21)17-14(8-10-22-17)11-24-16-5-3-2-4-6-16/h2-6,8,10,12H,7,9,11H2,1H3,(H,19,21). The zero-order valence-corrected chi connectivity index (χ0v) is 15.0. The number of aromatic nitrogens is 1. The van der Waals surface area contributed by atoms with E-state index in [-0.39, 0.29) is 5.91 Å². The van der Waals surface area contributed by atoms with E-state index in [0.717, 1.165) is 22.7 Å². The van der Waals surface area contributed by atoms with Crippen molar-refractivity contribution < 1.29 is 9.21 Å². The molecule has 0 saturated heterocycles. The Kier molecular flexibility index (Phi) is 5.72. The lowest BCUT2D eigenvalue weighted by molar-refractivity contribution is 0.0925. The van der Waals surface area contributed by atoms with Gasteiger partial charge in [0.15, 0.2) is 5.76 Å². The van der Waals surface area contributed by atoms with Gasteiger partial charge in [-0.3, -0.25) is 4.79 Å². The summed E-state index contributed by atoms with van der Waals surface area (Å²) in [6.45, 7) is 2.53. The molecule has 0 aliphatic rings. The minimum Gasteiger partial charge on any atom is -0.459 e. The van der Waals surface area contributed by atoms with Gasteiger partial charge in [0.2, 0.25) is 0 Å². The Morgan fingerprint density at radius 2 is 2.12 bits per heavy atom. The zero-order valence-electron chi connectivity index (χ0n) is 13.3. The maximum Gasteiger partial charge on any atom is 0.287 e. The van der Waals surface area contributed by atoms with E-state index in [2.05, 4.69) is 22.4 Å². The molecule has 0 bridgehead atoms. The van der Waals surface area contributed by atoms with Crippen molar-refractivity contribution in [1.29, 1.82) is 0 Å². The fraction of sp³-hybridized carbons (Fsp3) is 0.222. The highest BCUT2D eigenvalue weighted by molar-refractivity contribution is 7.98. The fourth-order valence-electron chi connectivity index (χ4n) is 2.23. The van der Waals surface area contributed by atoms with Gasteiger partial charge < -0.3 is 9.73 Å². The Hall–Kier alpha value is -2.05. The van der Waals surface area contributed by atoms with Gasteiger partial charge in [-0.15, -0.1) is 23.1 Å². The lowest BCUT2D eigenvalue weighted by Gasteiger charge is -2.05. The second-order valence-electron chi connectivity index (χ2n) is 5.24. The molecule has 4 nitrogen and oxygen atoms in total. The molecule has 0 atom stereocenters. The maximum atomic E-state index is 12.3. The number of carbonyl (C=O) groups excluding carboxylic acids is 1. The molecule has 0 aliphatic carbocycles. The summed E-state index contributed by atoms with van der Waals surface area (Å²) in [4.78, 5) is 17.9. The lowest BCUT2D eigenvalue weighted by Crippen LogP contribution is -2.26. The van der Waals surface area contributed by atoms with Gasteiger partial charge in [0, 0.05) is 34.6 Å². The SMILES string of the molecule is Cc1nc(CCNC(=O)c2occc2CSc2ccccc2)cs1. The van der Waals surface area contributed by atoms with E-state index in [0.29, 0.717) is 18.1 Å². The normalized spacial score (nSPS) is 10.7. The first-order valence-electron chi connectivity index (χ1n) is 7.66. The topological polar surface area (TPSA) is 55.1 Å². The van der Waals surface area contributed by atoms with Gasteiger partial charge in [0.05, 0.1) is 17.0 Å². The summed E-state index contributed by atoms with van der Waals surface area (Å²) in [5.41, 5.74) is 1.92. The Bertz CT molecular complexity index is 796. The van der Waals surface area contributed by atoms with Crippen molar-refractivity contribution in [2.45, 2.75) is 24.0 Å². The monoisotopic (exact) mass is 358 g/mol. The summed E-state index contributed by atoms with van der Waals surface area (Å²) in [5.74, 6) is 0.928. The fourth-order valence-corrected chi connectivity index (χ4v) is 3.78. The van der Waals surface area contributed by atoms with Crippen molar-refractivity contribution in [1.82, 2.24) is 10.3 Å². The van der Waals surface area contributed by atoms with Gasteiger partial charge in [0.25, 0.3) is 5.91 Å². The third kappa shape index (κ3) is 4.49. The number of benzene rings is 1. The average molecular weight is 358 g/mol. The molecule has 0 spiro atoms. The number of carbonyl (C=O) groups is 1. The first-order chi connectivity index (χ1) is 11.7. The van der Waals surface area contributed by atoms with Gasteiger partial charge in [-0.05, 0) is 25.1 Å². The minimum absolute atomic E-state index is 0.171. The highest BCUT2D eigenvalue weighted by Crippen LogP contribution is 2.24. The first kappa shape index (κ1) is 16.8. The number of nitrogens with one attached hydrogen (secondary N) is 1. The molecule has 1 aromatic carbocycles. The molecular formula is C18H18N2O2S2. The quantitative estimate of drug-likeness (QED) is 0.640. The molecule has 3 rings (SSSR count). The van der Waals surface area contributed by atoms with Crippen LogP contribution in [0.2, 0.25) is 0 Å². The van der Waals surface area contributed by atoms with E-state index in [4.69, 9.17) is 4.42 Å². The Labute approximate surface area is 149 Å². The Morgan fingerprint density at radius 3 is 2.88 bits per heavy atom. The number of furan rings is 1. The molecule has 0 unspecified atom stereocenters. The molecule has 124 valence electrons. The van der Waals surface area contributed by atoms with Crippen LogP contribution in [-0.4, -0.2) is 17.4 Å². The molecule has 0 fully saturated rings. The molecule has 1 amide bonds. The van der Waals surface area contributed by atoms with Crippen LogP contribution in [0.25, 0.3) is 0 Å². The van der Waals surface area contributed by atoms with Crippen molar-refractivity contribution in [3.05, 3.63) is 70.1 Å². The Morgan fingerprint density at radius 1 is 1.29 bits per heavy atom. The van der Waals surface area contributed by atoms with Crippen LogP contribution in [0.1, 0.15) is 26.8 Å². The van der Waals surface area contributed by atoms with Crippen LogP contribution < -0.4 is 5.32 Å². The van der Waals surface area contributed by atoms with Crippen LogP contribution in [0.5, 0.6) is 0 Å². The summed E-state index contributed by atoms with van der Waals surface area (Å²) in [6.07, 6.45) is 2.30. The van der Waals surface area contributed by atoms with E-state index >= 15 is 0 Å². The van der Waals surface area contributed by atoms with Crippen LogP contribution in [0.3, 0.4) is 0 Å². The minimum atomic E-state index is -0.171. The number of hydrogen-bond acceptors (Lipinski definition) is 5. The molecule has 6 heteroatoms. The van der Waals surface area contributed by atoms with Gasteiger partial charge in [0.1, 0.15) is 0 Å². The molecule has 0 saturated carbocycles. The second-order valence-corrected chi connectivity index (χ2v) is 7.35. The molecule has 0 radical (unpaired) electrons. The average Bonchev–Trinajstić information content (AvgIpc) is 3.23. The van der Waals surface area contributed by atoms with Crippen LogP contribution in [0.15, 0.2) is 57.4 Å². The summed E-state index contributed by atoms with van der Waals surface area (Å²) < 4.78 is 5.38. The van der Waals surface area contributed by atoms with Gasteiger partial charge >= 0.3 is 0 Å². The van der Waals surface area contributed by atoms with E-state index in [9.17, 15) is 4.79 Å². The summed E-state index contributed by atoms with van der Waals surface area (Å²) in [7, 11) is 0. The highest BCUT2D eigenvalue weighted by atomic mass is 32.2. The predicted molar refractivity (Wildman–Crippen MR) is 97.6 cm³/mol. The van der Waals surface area contributed by atoms with E-state index in [1.807, 2.05) is 36.6 Å². The molecule has 1 N–H and O–H groups in total. The van der Waals surface area contributed by atoms with Crippen molar-refractivity contribution in [2.24, 2.45) is 0 Å². The molecule has 0 aliphatic heterocycles. The van der Waals surface area contributed by atoms with E-state index < -0.39 is 0 Å². The number of nitrogens with zero attached hydrogens (tertiary/aromatic N) is 1. The van der Waals surface area contributed by atoms with Crippen molar-refractivity contribution in [2.75, 3.05) is 6.54 Å². The molecule has 2 aromatic heterocycles. The van der Waals surface area contributed by atoms with Crippen LogP contribution in [0.4, 0.5) is 0 Å². The second kappa shape index (κ2) is 8.17. The lowest BCUT2D eigenvalue weighted by atomic mass is 10.2. The number of hydrogen-bond donors (Lipinski definition) is 1. The van der Waals surface area contributed by atoms with Crippen molar-refractivity contribution >= 4 is 29.0 Å². The molecule has 3 aromatic rings. The predicted octanol–water partition coefficient (Wildman–Crippen LogP) is 4.31. The summed E-state index contributed by atoms with van der Waals surface area (Å²) >= 11 is 3.31. The molecular weight excluding hydrogens is 340 g/mol. The first-order valence-corrected chi connectivity index (χ1v) is 9.52. The van der Waals surface area contributed by atoms with Crippen molar-refractivity contribution in [3.8, 4) is 0 Å². The van der Waals surface area contributed by atoms with Gasteiger partial charge in [-0.1, -0.05) is 18.2 Å². The summed E-state index contributed by atoms with van der Waals surface area (Å²) in [5, 5.41) is 5.97. The summed E-state index contributed by atoms with van der Waals surface area (Å²) in [6, 6.07) is 12.0. The number of thiazole rings is 1. The number of rotatable bonds is 7. The van der Waals surface area contributed by atoms with Crippen LogP contribution in [0, 0.1) is 6.92 Å². The van der Waals surface area contributed by atoms with E-state index in [1.165, 1.54) is 4.90 Å². The number of thioether (sulfide) groups is 1. The smallest absolute Gasteiger partial charge is 0.287 e. The van der Waals surface area contributed by atoms with Gasteiger partial charge in [-0.25, -0.2) is 4.98 Å². The third-order valence-electron chi connectivity index (χ3n) is 3.42. The number of amides is 1. The zero-order chi connectivity index (χ0) is 16.8. The number of aryl methyl sites for hydroxylation is 1. The maximum absolute atomic E-state index is 12.3. The van der Waals surface area contributed by atoms with Crippen LogP contribution in [-0.2, 0) is 12.2 Å². The van der Waals surface area contributed by atoms with Crippen molar-refractivity contribution in [3.63, 3.8) is 0 Å². The molecule has 2 heterocycles. The van der Waals surface area contributed by atoms with Crippen LogP contribution >= 0.6 is 23.1 Å². The largest absolute Gasteiger partial charge is 0.459 e. The van der Waals surface area contributed by atoms with E-state index in [1.54, 1.807) is 29.4 Å². The third-order valence-corrected chi connectivity index (χ3v) is 5.31.